The fourth-order valence-electron chi connectivity index (χ4n) is 3.55. The summed E-state index contributed by atoms with van der Waals surface area (Å²) in [6.07, 6.45) is 5.56. The number of aromatic nitrogens is 2. The molecular weight excluding hydrogens is 450 g/mol. The lowest BCUT2D eigenvalue weighted by atomic mass is 10.1. The zero-order valence-corrected chi connectivity index (χ0v) is 18.7. The monoisotopic (exact) mass is 473 g/mol. The van der Waals surface area contributed by atoms with E-state index in [0.29, 0.717) is 5.69 Å². The summed E-state index contributed by atoms with van der Waals surface area (Å²) in [5.41, 5.74) is 7.69. The first-order valence-corrected chi connectivity index (χ1v) is 10.4. The van der Waals surface area contributed by atoms with E-state index in [9.17, 15) is 14.9 Å². The van der Waals surface area contributed by atoms with Gasteiger partial charge < -0.3 is 13.9 Å². The first-order valence-electron chi connectivity index (χ1n) is 9.62. The molecule has 1 fully saturated rings. The lowest BCUT2D eigenvalue weighted by molar-refractivity contribution is -0.117. The maximum Gasteiger partial charge on any atom is 0.286 e. The molecule has 3 rings (SSSR count). The third-order valence-corrected chi connectivity index (χ3v) is 5.62. The van der Waals surface area contributed by atoms with E-state index < -0.39 is 11.8 Å². The lowest BCUT2D eigenvalue weighted by Gasteiger charge is -2.14. The number of nitrogens with zero attached hydrogens (tertiary/aromatic N) is 3. The van der Waals surface area contributed by atoms with Crippen LogP contribution in [0, 0.1) is 25.2 Å². The standard InChI is InChI=1S/C21H24BrN5O3/c1-13-7-15(14(2)27(13)12-18-5-4-6-30-18)8-16(10-23)20(28)24-25-21(29)19-9-17(22)11-26(19)3/h7-9,11,18H,4-6,12H2,1-3H3,(H,24,28)(H,25,29)/b16-8+. The predicted molar refractivity (Wildman–Crippen MR) is 115 cm³/mol. The number of nitriles is 1. The number of nitrogens with one attached hydrogen (secondary N) is 2. The normalized spacial score (nSPS) is 16.4. The summed E-state index contributed by atoms with van der Waals surface area (Å²) in [6, 6.07) is 5.48. The van der Waals surface area contributed by atoms with Crippen molar-refractivity contribution in [2.75, 3.05) is 6.61 Å². The van der Waals surface area contributed by atoms with Gasteiger partial charge in [-0.1, -0.05) is 0 Å². The minimum absolute atomic E-state index is 0.0965. The van der Waals surface area contributed by atoms with Crippen LogP contribution in [0.2, 0.25) is 0 Å². The van der Waals surface area contributed by atoms with Crippen molar-refractivity contribution in [2.45, 2.75) is 39.3 Å². The van der Waals surface area contributed by atoms with Crippen LogP contribution in [0.4, 0.5) is 0 Å². The van der Waals surface area contributed by atoms with Gasteiger partial charge in [-0.3, -0.25) is 20.4 Å². The lowest BCUT2D eigenvalue weighted by Crippen LogP contribution is -2.42. The van der Waals surface area contributed by atoms with Crippen LogP contribution in [-0.2, 0) is 23.1 Å². The highest BCUT2D eigenvalue weighted by atomic mass is 79.9. The Morgan fingerprint density at radius 3 is 2.73 bits per heavy atom. The number of carbonyl (C=O) groups is 2. The van der Waals surface area contributed by atoms with Gasteiger partial charge in [-0.2, -0.15) is 5.26 Å². The summed E-state index contributed by atoms with van der Waals surface area (Å²) < 4.78 is 10.2. The van der Waals surface area contributed by atoms with Crippen molar-refractivity contribution in [2.24, 2.45) is 7.05 Å². The molecule has 1 saturated heterocycles. The van der Waals surface area contributed by atoms with Gasteiger partial charge in [-0.05, 0) is 66.4 Å². The Bertz CT molecular complexity index is 1040. The first kappa shape index (κ1) is 21.9. The molecule has 0 spiro atoms. The highest BCUT2D eigenvalue weighted by Crippen LogP contribution is 2.22. The number of carbonyl (C=O) groups excluding carboxylic acids is 2. The summed E-state index contributed by atoms with van der Waals surface area (Å²) in [5, 5.41) is 9.46. The van der Waals surface area contributed by atoms with Gasteiger partial charge in [-0.15, -0.1) is 0 Å². The zero-order chi connectivity index (χ0) is 21.8. The molecule has 9 heteroatoms. The molecule has 0 aliphatic carbocycles. The van der Waals surface area contributed by atoms with Crippen LogP contribution in [-0.4, -0.2) is 33.7 Å². The van der Waals surface area contributed by atoms with Crippen LogP contribution in [0.15, 0.2) is 28.4 Å². The Morgan fingerprint density at radius 1 is 1.37 bits per heavy atom. The quantitative estimate of drug-likeness (QED) is 0.395. The van der Waals surface area contributed by atoms with E-state index in [-0.39, 0.29) is 11.7 Å². The van der Waals surface area contributed by atoms with Crippen molar-refractivity contribution in [3.8, 4) is 6.07 Å². The second-order valence-electron chi connectivity index (χ2n) is 7.30. The SMILES string of the molecule is Cc1cc(/C=C(\C#N)C(=O)NNC(=O)c2cc(Br)cn2C)c(C)n1CC1CCCO1. The van der Waals surface area contributed by atoms with Crippen LogP contribution in [0.5, 0.6) is 0 Å². The van der Waals surface area contributed by atoms with Crippen LogP contribution < -0.4 is 10.9 Å². The first-order chi connectivity index (χ1) is 14.3. The summed E-state index contributed by atoms with van der Waals surface area (Å²) in [5.74, 6) is -1.16. The summed E-state index contributed by atoms with van der Waals surface area (Å²) in [4.78, 5) is 24.7. The Balaban J connectivity index is 1.70. The molecule has 0 aromatic carbocycles. The molecule has 158 valence electrons. The Morgan fingerprint density at radius 2 is 2.13 bits per heavy atom. The average molecular weight is 474 g/mol. The number of hydrazine groups is 1. The van der Waals surface area contributed by atoms with Gasteiger partial charge in [0.25, 0.3) is 11.8 Å². The molecule has 0 bridgehead atoms. The Kier molecular flexibility index (Phi) is 6.80. The van der Waals surface area contributed by atoms with E-state index in [1.165, 1.54) is 6.08 Å². The van der Waals surface area contributed by atoms with Crippen molar-refractivity contribution in [3.63, 3.8) is 0 Å². The molecule has 0 saturated carbocycles. The van der Waals surface area contributed by atoms with E-state index in [2.05, 4.69) is 31.3 Å². The van der Waals surface area contributed by atoms with Gasteiger partial charge in [0, 0.05) is 42.3 Å². The highest BCUT2D eigenvalue weighted by molar-refractivity contribution is 9.10. The molecule has 1 aliphatic rings. The molecule has 8 nitrogen and oxygen atoms in total. The third kappa shape index (κ3) is 4.83. The number of aryl methyl sites for hydroxylation is 2. The van der Waals surface area contributed by atoms with Crippen LogP contribution in [0.3, 0.4) is 0 Å². The highest BCUT2D eigenvalue weighted by Gasteiger charge is 2.19. The third-order valence-electron chi connectivity index (χ3n) is 5.18. The van der Waals surface area contributed by atoms with Gasteiger partial charge in [0.1, 0.15) is 17.3 Å². The second kappa shape index (κ2) is 9.32. The van der Waals surface area contributed by atoms with Gasteiger partial charge in [0.15, 0.2) is 0 Å². The molecule has 1 aliphatic heterocycles. The summed E-state index contributed by atoms with van der Waals surface area (Å²) in [7, 11) is 1.72. The fourth-order valence-corrected chi connectivity index (χ4v) is 4.07. The largest absolute Gasteiger partial charge is 0.376 e. The van der Waals surface area contributed by atoms with Crippen LogP contribution in [0.25, 0.3) is 6.08 Å². The molecule has 3 heterocycles. The molecular formula is C21H24BrN5O3. The summed E-state index contributed by atoms with van der Waals surface area (Å²) in [6.45, 7) is 5.49. The number of halogens is 1. The predicted octanol–water partition coefficient (Wildman–Crippen LogP) is 2.75. The molecule has 2 N–H and O–H groups in total. The number of ether oxygens (including phenoxy) is 1. The molecule has 30 heavy (non-hydrogen) atoms. The number of amides is 2. The minimum atomic E-state index is -0.678. The minimum Gasteiger partial charge on any atom is -0.376 e. The van der Waals surface area contributed by atoms with E-state index in [1.807, 2.05) is 26.0 Å². The maximum atomic E-state index is 12.4. The number of hydrogen-bond acceptors (Lipinski definition) is 4. The van der Waals surface area contributed by atoms with Gasteiger partial charge in [-0.25, -0.2) is 0 Å². The van der Waals surface area contributed by atoms with Crippen LogP contribution in [0.1, 0.15) is 40.3 Å². The topological polar surface area (TPSA) is 101 Å². The molecule has 2 amide bonds. The number of rotatable bonds is 5. The van der Waals surface area contributed by atoms with Gasteiger partial charge >= 0.3 is 0 Å². The molecule has 2 aromatic heterocycles. The molecule has 1 unspecified atom stereocenters. The van der Waals surface area contributed by atoms with E-state index in [4.69, 9.17) is 4.74 Å². The maximum absolute atomic E-state index is 12.4. The van der Waals surface area contributed by atoms with Crippen molar-refractivity contribution < 1.29 is 14.3 Å². The van der Waals surface area contributed by atoms with Gasteiger partial charge in [0.2, 0.25) is 0 Å². The van der Waals surface area contributed by atoms with E-state index in [1.54, 1.807) is 23.9 Å². The Hall–Kier alpha value is -2.83. The van der Waals surface area contributed by atoms with Crippen molar-refractivity contribution >= 4 is 33.8 Å². The van der Waals surface area contributed by atoms with Crippen molar-refractivity contribution in [3.05, 3.63) is 51.0 Å². The average Bonchev–Trinajstić information content (AvgIpc) is 3.40. The van der Waals surface area contributed by atoms with Gasteiger partial charge in [0.05, 0.1) is 6.10 Å². The number of hydrogen-bond donors (Lipinski definition) is 2. The molecule has 0 radical (unpaired) electrons. The summed E-state index contributed by atoms with van der Waals surface area (Å²) >= 11 is 3.29. The Labute approximate surface area is 183 Å². The fraction of sp³-hybridized carbons (Fsp3) is 0.381. The molecule has 2 aromatic rings. The van der Waals surface area contributed by atoms with E-state index in [0.717, 1.165) is 47.4 Å². The van der Waals surface area contributed by atoms with Crippen LogP contribution >= 0.6 is 15.9 Å². The molecule has 1 atom stereocenters. The smallest absolute Gasteiger partial charge is 0.286 e. The van der Waals surface area contributed by atoms with Crippen molar-refractivity contribution in [1.82, 2.24) is 20.0 Å². The van der Waals surface area contributed by atoms with E-state index >= 15 is 0 Å². The second-order valence-corrected chi connectivity index (χ2v) is 8.22. The zero-order valence-electron chi connectivity index (χ0n) is 17.2. The van der Waals surface area contributed by atoms with Crippen molar-refractivity contribution in [1.29, 1.82) is 5.26 Å².